The second-order valence-corrected chi connectivity index (χ2v) is 31.1. The Morgan fingerprint density at radius 2 is 0.754 bits per heavy atom. The van der Waals surface area contributed by atoms with Crippen molar-refractivity contribution < 1.29 is 107 Å². The Morgan fingerprint density at radius 1 is 0.407 bits per heavy atom. The maximum absolute atomic E-state index is 13.7. The average molecular weight is 1630 g/mol. The van der Waals surface area contributed by atoms with Crippen molar-refractivity contribution in [3.8, 4) is 17.2 Å². The molecular weight excluding hydrogens is 1520 g/mol. The number of esters is 1. The lowest BCUT2D eigenvalue weighted by molar-refractivity contribution is -0.183. The van der Waals surface area contributed by atoms with E-state index in [1.54, 1.807) is 71.0 Å². The smallest absolute Gasteiger partial charge is 0.312 e. The molecular formula is C87H105N9O22. The molecule has 6 aromatic rings. The maximum Gasteiger partial charge on any atom is 0.312 e. The van der Waals surface area contributed by atoms with Crippen LogP contribution in [0.4, 0.5) is 0 Å². The van der Waals surface area contributed by atoms with Gasteiger partial charge in [-0.25, -0.2) is 0 Å². The quantitative estimate of drug-likeness (QED) is 0.0657. The molecule has 6 aromatic carbocycles. The van der Waals surface area contributed by atoms with Crippen molar-refractivity contribution in [3.05, 3.63) is 197 Å². The fraction of sp³-hybridized carbons (Fsp3) is 0.448. The van der Waals surface area contributed by atoms with Crippen LogP contribution in [0.25, 0.3) is 0 Å². The van der Waals surface area contributed by atoms with Gasteiger partial charge in [-0.15, -0.1) is 0 Å². The van der Waals surface area contributed by atoms with Crippen LogP contribution in [-0.2, 0) is 81.4 Å². The summed E-state index contributed by atoms with van der Waals surface area (Å²) < 4.78 is 22.1. The molecule has 0 saturated carbocycles. The molecule has 6 aliphatic heterocycles. The summed E-state index contributed by atoms with van der Waals surface area (Å²) in [5, 5.41) is 86.3. The molecule has 0 spiro atoms. The third kappa shape index (κ3) is 22.4. The normalized spacial score (nSPS) is 30.0. The van der Waals surface area contributed by atoms with Crippen LogP contribution in [0.3, 0.4) is 0 Å². The van der Waals surface area contributed by atoms with Crippen molar-refractivity contribution >= 4 is 70.7 Å². The summed E-state index contributed by atoms with van der Waals surface area (Å²) in [6.07, 6.45) is -4.78. The number of amides is 9. The number of nitrogens with one attached hydrogen (secondary N) is 8. The van der Waals surface area contributed by atoms with Gasteiger partial charge < -0.3 is 97.0 Å². The molecule has 6 fully saturated rings. The number of aliphatic hydroxyl groups is 3. The molecule has 12 rings (SSSR count). The zero-order chi connectivity index (χ0) is 85.2. The summed E-state index contributed by atoms with van der Waals surface area (Å²) in [5.41, 5.74) is 2.38. The number of hydrogen-bond donors (Lipinski definition) is 14. The Hall–Kier alpha value is -11.5. The van der Waals surface area contributed by atoms with Crippen LogP contribution < -0.4 is 42.5 Å². The molecule has 0 radical (unpaired) electrons. The van der Waals surface area contributed by atoms with Gasteiger partial charge in [0.2, 0.25) is 35.4 Å². The van der Waals surface area contributed by atoms with Gasteiger partial charge in [0, 0.05) is 46.1 Å². The average Bonchev–Trinajstić information content (AvgIpc) is 0.791. The van der Waals surface area contributed by atoms with Crippen molar-refractivity contribution in [2.45, 2.75) is 190 Å². The van der Waals surface area contributed by atoms with E-state index in [1.807, 2.05) is 91.0 Å². The number of cyclic esters (lactones) is 1. The number of likely N-dealkylation sites (N-methyl/N-ethyl adjacent to an activating group) is 1. The topological polar surface area (TPSA) is 463 Å². The molecule has 14 N–H and O–H groups in total. The molecule has 31 heteroatoms. The van der Waals surface area contributed by atoms with Crippen LogP contribution >= 0.6 is 0 Å². The molecule has 0 aromatic heterocycles. The van der Waals surface area contributed by atoms with Crippen LogP contribution in [0.1, 0.15) is 121 Å². The number of phenolic OH excluding ortho intramolecular Hbond substituents is 3. The third-order valence-corrected chi connectivity index (χ3v) is 22.5. The van der Waals surface area contributed by atoms with Crippen molar-refractivity contribution in [1.29, 1.82) is 0 Å². The molecule has 630 valence electrons. The van der Waals surface area contributed by atoms with Crippen LogP contribution in [0, 0.1) is 29.6 Å². The van der Waals surface area contributed by atoms with Crippen molar-refractivity contribution in [2.75, 3.05) is 26.9 Å². The summed E-state index contributed by atoms with van der Waals surface area (Å²) in [4.78, 5) is 161. The summed E-state index contributed by atoms with van der Waals surface area (Å²) in [6, 6.07) is 36.2. The zero-order valence-electron chi connectivity index (χ0n) is 66.7. The molecule has 0 aliphatic carbocycles. The lowest BCUT2D eigenvalue weighted by atomic mass is 9.86. The minimum atomic E-state index is -1.36. The van der Waals surface area contributed by atoms with E-state index in [1.165, 1.54) is 55.3 Å². The first-order valence-electron chi connectivity index (χ1n) is 39.7. The van der Waals surface area contributed by atoms with Gasteiger partial charge >= 0.3 is 5.97 Å². The first-order chi connectivity index (χ1) is 56.4. The molecule has 6 aliphatic rings. The summed E-state index contributed by atoms with van der Waals surface area (Å²) in [5.74, 6) is -12.2. The van der Waals surface area contributed by atoms with Gasteiger partial charge in [-0.2, -0.15) is 0 Å². The van der Waals surface area contributed by atoms with Gasteiger partial charge in [0.25, 0.3) is 17.7 Å². The van der Waals surface area contributed by atoms with E-state index in [2.05, 4.69) is 42.5 Å². The van der Waals surface area contributed by atoms with E-state index in [0.29, 0.717) is 39.1 Å². The minimum Gasteiger partial charge on any atom is -0.507 e. The molecule has 6 heterocycles. The lowest BCUT2D eigenvalue weighted by Gasteiger charge is -2.41. The highest BCUT2D eigenvalue weighted by molar-refractivity contribution is 6.02. The second kappa shape index (κ2) is 41.1. The molecule has 118 heavy (non-hydrogen) atoms. The Morgan fingerprint density at radius 3 is 1.14 bits per heavy atom. The van der Waals surface area contributed by atoms with Gasteiger partial charge in [-0.1, -0.05) is 155 Å². The van der Waals surface area contributed by atoms with E-state index in [9.17, 15) is 88.2 Å². The molecule has 21 atom stereocenters. The number of carbonyl (C=O) groups is 12. The van der Waals surface area contributed by atoms with Crippen LogP contribution in [0.15, 0.2) is 164 Å². The summed E-state index contributed by atoms with van der Waals surface area (Å²) >= 11 is 0. The zero-order valence-corrected chi connectivity index (χ0v) is 66.7. The molecule has 9 amide bonds. The van der Waals surface area contributed by atoms with Gasteiger partial charge in [-0.05, 0) is 111 Å². The highest BCUT2D eigenvalue weighted by Gasteiger charge is 2.48. The van der Waals surface area contributed by atoms with Crippen molar-refractivity contribution in [2.24, 2.45) is 29.6 Å². The molecule has 6 unspecified atom stereocenters. The fourth-order valence-corrected chi connectivity index (χ4v) is 15.0. The number of hydrogen-bond acceptors (Lipinski definition) is 22. The van der Waals surface area contributed by atoms with E-state index in [4.69, 9.17) is 18.9 Å². The monoisotopic (exact) mass is 1630 g/mol. The second-order valence-electron chi connectivity index (χ2n) is 31.1. The van der Waals surface area contributed by atoms with Crippen molar-refractivity contribution in [1.82, 2.24) is 47.4 Å². The van der Waals surface area contributed by atoms with E-state index < -0.39 is 192 Å². The number of Topliss-reactive ketones (excluding diaryl/α,β-unsaturated/α-hetero) is 2. The van der Waals surface area contributed by atoms with Crippen LogP contribution in [0.5, 0.6) is 17.2 Å². The summed E-state index contributed by atoms with van der Waals surface area (Å²) in [6.45, 7) is 10.8. The molecule has 31 nitrogen and oxygen atoms in total. The SMILES string of the molecule is C[C@H]1CC(=O)C(C2CCO2)NC(=O)[C@H](C)[C@H](O)[C@H](Cc2ccccc2)NC(=O)[C@H]1NC(=O)c1ccccc1O.C[C@H]1CC(=O)C(C2CCO2)OC(=O)[C@H](C)[C@H](O)[C@H](Cc2ccccc2)NC(=O)[C@H]1NC(=O)c1ccccc1O.C[C@H]1NC(=O)C(C2CCO2)N(C)C(=O)[C@H](C)[C@H](O)[C@H](Cc2ccccc2)NC(=O)[C@H]1NC(=O)c1ccccc1O. The number of nitrogens with zero attached hydrogens (tertiary/aromatic N) is 1. The summed E-state index contributed by atoms with van der Waals surface area (Å²) in [7, 11) is 1.50. The van der Waals surface area contributed by atoms with Gasteiger partial charge in [0.15, 0.2) is 17.7 Å². The van der Waals surface area contributed by atoms with Gasteiger partial charge in [0.05, 0.1) is 89.1 Å². The lowest BCUT2D eigenvalue weighted by Crippen LogP contribution is -2.66. The number of aliphatic hydroxyl groups excluding tert-OH is 3. The number of ketones is 2. The number of para-hydroxylation sites is 3. The van der Waals surface area contributed by atoms with E-state index in [-0.39, 0.29) is 71.8 Å². The number of phenols is 3. The number of benzene rings is 6. The Bertz CT molecular complexity index is 4340. The first kappa shape index (κ1) is 88.9. The Kier molecular flexibility index (Phi) is 30.9. The predicted molar refractivity (Wildman–Crippen MR) is 426 cm³/mol. The first-order valence-corrected chi connectivity index (χ1v) is 39.7. The predicted octanol–water partition coefficient (Wildman–Crippen LogP) is 2.97. The molecule has 0 bridgehead atoms. The number of ether oxygens (including phenoxy) is 4. The fourth-order valence-electron chi connectivity index (χ4n) is 15.0. The van der Waals surface area contributed by atoms with E-state index in [0.717, 1.165) is 16.7 Å². The third-order valence-electron chi connectivity index (χ3n) is 22.5. The molecule has 6 saturated heterocycles. The number of carbonyl (C=O) groups excluding carboxylic acids is 12. The van der Waals surface area contributed by atoms with Gasteiger partial charge in [-0.3, -0.25) is 57.5 Å². The standard InChI is InChI=1S/C29H36N4O7.C29H35N3O7.C29H34N2O8/c1-16-25(35)20(15-18-9-5-4-6-10-18)31-27(37)23(32-26(36)19-11-7-8-12-21(19)34)17(2)30-28(38)24(22-13-14-40-22)33(3)29(16)39;1-16-14-22(34)25(23-12-13-39-23)32-27(36)17(2)26(35)20(15-18-8-4-3-5-9-18)30-29(38)24(16)31-28(37)19-10-6-7-11-21(19)33;1-16-14-22(33)26(23-12-13-38-23)39-29(37)17(2)25(34)20(15-18-8-4-3-5-9-18)30-28(36)24(16)31-27(35)19-10-6-7-11-21(19)32/h4-12,16-17,20,22-25,34-35H,13-15H2,1-3H3,(H,30,38)(H,31,37)(H,32,36);3-11,16-17,20,23-26,33,35H,12-15H2,1-2H3,(H,30,38)(H,31,37)(H,32,36);3-11,16-17,20,23-26,32,34H,12-15H2,1-2H3,(H,30,36)(H,31,35)/t16-,17-,20+,22?,23+,24?,25+;16-,17+,20-,23?,24-,25?,26-;16-,17+,20-,23?,24-,25-,26?/m100/s1. The van der Waals surface area contributed by atoms with Gasteiger partial charge in [0.1, 0.15) is 53.6 Å². The van der Waals surface area contributed by atoms with Crippen molar-refractivity contribution in [3.63, 3.8) is 0 Å². The highest BCUT2D eigenvalue weighted by atomic mass is 16.6. The maximum atomic E-state index is 13.7. The van der Waals surface area contributed by atoms with Crippen LogP contribution in [-0.4, -0.2) is 230 Å². The number of rotatable bonds is 15. The Balaban J connectivity index is 0.000000186. The van der Waals surface area contributed by atoms with E-state index >= 15 is 0 Å². The largest absolute Gasteiger partial charge is 0.507 e. The highest BCUT2D eigenvalue weighted by Crippen LogP contribution is 2.30. The number of aromatic hydroxyl groups is 3. The minimum absolute atomic E-state index is 0.0163. The van der Waals surface area contributed by atoms with Crippen LogP contribution in [0.2, 0.25) is 0 Å². The Labute approximate surface area is 683 Å².